The van der Waals surface area contributed by atoms with Crippen LogP contribution in [0.3, 0.4) is 0 Å². The number of thiocarbonyl (C=S) groups is 1. The molecule has 0 fully saturated rings. The van der Waals surface area contributed by atoms with E-state index in [0.29, 0.717) is 0 Å². The van der Waals surface area contributed by atoms with Crippen molar-refractivity contribution in [2.45, 2.75) is 31.7 Å². The van der Waals surface area contributed by atoms with E-state index in [1.165, 1.54) is 0 Å². The zero-order valence-electron chi connectivity index (χ0n) is 9.62. The van der Waals surface area contributed by atoms with Gasteiger partial charge in [0.2, 0.25) is 0 Å². The molecule has 0 rings (SSSR count). The van der Waals surface area contributed by atoms with Crippen LogP contribution in [0, 0.1) is 0 Å². The van der Waals surface area contributed by atoms with Crippen molar-refractivity contribution in [2.24, 2.45) is 0 Å². The SMILES string of the molecule is CCCC(C)(C([O-])=S)[SiH](OC)OC.[Na+]. The third-order valence-corrected chi connectivity index (χ3v) is 5.31. The van der Waals surface area contributed by atoms with Gasteiger partial charge in [0.15, 0.2) is 0 Å². The van der Waals surface area contributed by atoms with Gasteiger partial charge >= 0.3 is 38.8 Å². The molecule has 0 heterocycles. The van der Waals surface area contributed by atoms with E-state index in [1.807, 2.05) is 13.8 Å². The monoisotopic (exact) mass is 244 g/mol. The molecule has 0 aliphatic rings. The Hall–Kier alpha value is 1.03. The van der Waals surface area contributed by atoms with Gasteiger partial charge < -0.3 is 14.0 Å². The van der Waals surface area contributed by atoms with Crippen molar-refractivity contribution in [1.82, 2.24) is 0 Å². The molecule has 1 atom stereocenters. The van der Waals surface area contributed by atoms with E-state index >= 15 is 0 Å². The molecule has 6 heteroatoms. The van der Waals surface area contributed by atoms with Crippen LogP contribution in [0.25, 0.3) is 0 Å². The number of hydrogen-bond donors (Lipinski definition) is 0. The molecule has 0 aromatic carbocycles. The zero-order chi connectivity index (χ0) is 10.5. The van der Waals surface area contributed by atoms with E-state index in [2.05, 4.69) is 0 Å². The fourth-order valence-corrected chi connectivity index (χ4v) is 3.79. The van der Waals surface area contributed by atoms with Crippen molar-refractivity contribution in [1.29, 1.82) is 0 Å². The Kier molecular flexibility index (Phi) is 10.2. The second-order valence-corrected chi connectivity index (χ2v) is 6.51. The van der Waals surface area contributed by atoms with Crippen molar-refractivity contribution >= 4 is 26.6 Å². The molecule has 3 nitrogen and oxygen atoms in total. The van der Waals surface area contributed by atoms with Gasteiger partial charge in [0.1, 0.15) is 0 Å². The van der Waals surface area contributed by atoms with Crippen LogP contribution < -0.4 is 34.7 Å². The van der Waals surface area contributed by atoms with Crippen LogP contribution in [-0.2, 0) is 8.85 Å². The maximum absolute atomic E-state index is 11.3. The van der Waals surface area contributed by atoms with E-state index < -0.39 is 14.3 Å². The van der Waals surface area contributed by atoms with Gasteiger partial charge in [-0.25, -0.2) is 0 Å². The second kappa shape index (κ2) is 8.21. The van der Waals surface area contributed by atoms with Gasteiger partial charge in [-0.3, -0.25) is 0 Å². The average Bonchev–Trinajstić information content (AvgIpc) is 2.06. The molecule has 0 aliphatic carbocycles. The molecular weight excluding hydrogens is 227 g/mol. The first-order chi connectivity index (χ1) is 6.02. The van der Waals surface area contributed by atoms with E-state index in [-0.39, 0.29) is 34.6 Å². The number of rotatable bonds is 6. The van der Waals surface area contributed by atoms with E-state index in [9.17, 15) is 5.11 Å². The Bertz CT molecular complexity index is 178. The first kappa shape index (κ1) is 17.4. The van der Waals surface area contributed by atoms with Crippen LogP contribution in [0.5, 0.6) is 0 Å². The first-order valence-electron chi connectivity index (χ1n) is 4.30. The van der Waals surface area contributed by atoms with Gasteiger partial charge in [0.05, 0.1) is 0 Å². The van der Waals surface area contributed by atoms with Gasteiger partial charge in [-0.05, 0) is 6.42 Å². The maximum Gasteiger partial charge on any atom is 1.00 e. The Balaban J connectivity index is 0. The average molecular weight is 244 g/mol. The second-order valence-electron chi connectivity index (χ2n) is 3.26. The van der Waals surface area contributed by atoms with Crippen molar-refractivity contribution in [3.05, 3.63) is 0 Å². The minimum Gasteiger partial charge on any atom is -0.867 e. The molecule has 0 aromatic heterocycles. The fraction of sp³-hybridized carbons (Fsp3) is 0.875. The molecular formula is C8H17NaO3SSi. The standard InChI is InChI=1S/C8H18O3SSi.Na/c1-5-6-8(2,7(9)12)13(10-3)11-4;/h13H,5-6H2,1-4H3,(H,9,12);/q;+1/p-1. The largest absolute Gasteiger partial charge is 1.00 e. The smallest absolute Gasteiger partial charge is 0.867 e. The summed E-state index contributed by atoms with van der Waals surface area (Å²) in [6.45, 7) is 3.86. The van der Waals surface area contributed by atoms with Crippen LogP contribution in [-0.4, -0.2) is 28.6 Å². The summed E-state index contributed by atoms with van der Waals surface area (Å²) in [4.78, 5) is 0. The predicted molar refractivity (Wildman–Crippen MR) is 57.0 cm³/mol. The molecule has 0 saturated carbocycles. The molecule has 0 aliphatic heterocycles. The van der Waals surface area contributed by atoms with Crippen LogP contribution in [0.4, 0.5) is 0 Å². The Morgan fingerprint density at radius 2 is 1.86 bits per heavy atom. The summed E-state index contributed by atoms with van der Waals surface area (Å²) < 4.78 is 10.4. The van der Waals surface area contributed by atoms with Gasteiger partial charge in [-0.1, -0.05) is 25.3 Å². The van der Waals surface area contributed by atoms with Crippen molar-refractivity contribution < 1.29 is 43.5 Å². The Labute approximate surface area is 115 Å². The minimum atomic E-state index is -1.95. The van der Waals surface area contributed by atoms with Gasteiger partial charge in [0, 0.05) is 19.3 Å². The van der Waals surface area contributed by atoms with E-state index in [1.54, 1.807) is 14.2 Å². The summed E-state index contributed by atoms with van der Waals surface area (Å²) in [5, 5.41) is 10.5. The van der Waals surface area contributed by atoms with Crippen molar-refractivity contribution in [3.63, 3.8) is 0 Å². The molecule has 0 saturated heterocycles. The molecule has 0 bridgehead atoms. The van der Waals surface area contributed by atoms with Crippen LogP contribution in [0.15, 0.2) is 0 Å². The molecule has 14 heavy (non-hydrogen) atoms. The van der Waals surface area contributed by atoms with E-state index in [4.69, 9.17) is 21.1 Å². The van der Waals surface area contributed by atoms with Gasteiger partial charge in [-0.15, -0.1) is 12.2 Å². The normalized spacial score (nSPS) is 14.6. The summed E-state index contributed by atoms with van der Waals surface area (Å²) in [7, 11) is 1.20. The summed E-state index contributed by atoms with van der Waals surface area (Å²) in [6, 6.07) is 0. The zero-order valence-corrected chi connectivity index (χ0v) is 13.6. The fourth-order valence-electron chi connectivity index (χ4n) is 1.45. The Morgan fingerprint density at radius 3 is 2.07 bits per heavy atom. The van der Waals surface area contributed by atoms with Crippen molar-refractivity contribution in [3.8, 4) is 0 Å². The van der Waals surface area contributed by atoms with Crippen LogP contribution in [0.1, 0.15) is 26.7 Å². The summed E-state index contributed by atoms with van der Waals surface area (Å²) in [6.07, 6.45) is 1.66. The third-order valence-electron chi connectivity index (χ3n) is 2.18. The topological polar surface area (TPSA) is 41.5 Å². The van der Waals surface area contributed by atoms with Gasteiger partial charge in [0.25, 0.3) is 0 Å². The van der Waals surface area contributed by atoms with Gasteiger partial charge in [-0.2, -0.15) is 0 Å². The summed E-state index contributed by atoms with van der Waals surface area (Å²) in [5.41, 5.74) is 0. The van der Waals surface area contributed by atoms with Crippen molar-refractivity contribution in [2.75, 3.05) is 14.2 Å². The first-order valence-corrected chi connectivity index (χ1v) is 6.22. The molecule has 0 radical (unpaired) electrons. The van der Waals surface area contributed by atoms with Crippen LogP contribution >= 0.6 is 12.2 Å². The van der Waals surface area contributed by atoms with E-state index in [0.717, 1.165) is 12.8 Å². The maximum atomic E-state index is 11.3. The molecule has 0 N–H and O–H groups in total. The number of hydrogen-bond acceptors (Lipinski definition) is 4. The van der Waals surface area contributed by atoms with Crippen LogP contribution in [0.2, 0.25) is 5.04 Å². The molecule has 0 spiro atoms. The molecule has 0 aromatic rings. The molecule has 1 unspecified atom stereocenters. The molecule has 0 amide bonds. The Morgan fingerprint density at radius 1 is 1.43 bits per heavy atom. The predicted octanol–water partition coefficient (Wildman–Crippen LogP) is -2.25. The molecule has 78 valence electrons. The summed E-state index contributed by atoms with van der Waals surface area (Å²) in [5.74, 6) is 0. The minimum absolute atomic E-state index is 0. The summed E-state index contributed by atoms with van der Waals surface area (Å²) >= 11 is 4.72. The third kappa shape index (κ3) is 4.26. The quantitative estimate of drug-likeness (QED) is 0.391.